The van der Waals surface area contributed by atoms with Crippen LogP contribution in [0.25, 0.3) is 0 Å². The van der Waals surface area contributed by atoms with Gasteiger partial charge in [-0.1, -0.05) is 10.3 Å². The second kappa shape index (κ2) is 15.9. The van der Waals surface area contributed by atoms with Crippen molar-refractivity contribution < 1.29 is 37.6 Å². The van der Waals surface area contributed by atoms with Crippen LogP contribution >= 0.6 is 11.8 Å². The number of nitrogens with zero attached hydrogens (tertiary/aromatic N) is 2. The molecule has 0 bridgehead atoms. The highest BCUT2D eigenvalue weighted by molar-refractivity contribution is 8.13. The van der Waals surface area contributed by atoms with E-state index >= 15 is 0 Å². The molecule has 226 valence electrons. The van der Waals surface area contributed by atoms with Crippen molar-refractivity contribution in [3.05, 3.63) is 29.3 Å². The third-order valence-electron chi connectivity index (χ3n) is 6.62. The van der Waals surface area contributed by atoms with Gasteiger partial charge in [-0.3, -0.25) is 9.59 Å². The highest BCUT2D eigenvalue weighted by atomic mass is 32.2. The van der Waals surface area contributed by atoms with Crippen LogP contribution in [0, 0.1) is 23.3 Å². The Balaban J connectivity index is 2.61. The molecule has 0 radical (unpaired) electrons. The summed E-state index contributed by atoms with van der Waals surface area (Å²) in [6, 6.07) is -0.0489. The molecular formula is C26H39F4N5O4S. The van der Waals surface area contributed by atoms with Crippen molar-refractivity contribution in [2.24, 2.45) is 10.3 Å². The maximum absolute atomic E-state index is 13.8. The fourth-order valence-corrected chi connectivity index (χ4v) is 4.36. The summed E-state index contributed by atoms with van der Waals surface area (Å²) in [5, 5.41) is 33.6. The number of carbonyl (C=O) groups excluding carboxylic acids is 2. The topological polar surface area (TPSA) is 135 Å². The minimum Gasteiger partial charge on any atom is -0.411 e. The largest absolute Gasteiger partial charge is 0.411 e. The van der Waals surface area contributed by atoms with Crippen molar-refractivity contribution in [2.75, 3.05) is 13.1 Å². The summed E-state index contributed by atoms with van der Waals surface area (Å²) in [4.78, 5) is 23.3. The number of oxime groups is 2. The molecule has 0 heterocycles. The van der Waals surface area contributed by atoms with Crippen LogP contribution in [-0.4, -0.2) is 63.1 Å². The molecule has 1 amide bonds. The van der Waals surface area contributed by atoms with Crippen LogP contribution in [0.3, 0.4) is 0 Å². The lowest BCUT2D eigenvalue weighted by Gasteiger charge is -2.33. The molecule has 0 aliphatic rings. The Kier molecular flexibility index (Phi) is 14.1. The zero-order valence-corrected chi connectivity index (χ0v) is 24.4. The van der Waals surface area contributed by atoms with Crippen LogP contribution in [0.15, 0.2) is 21.3 Å². The molecule has 0 aromatic heterocycles. The smallest absolute Gasteiger partial charge is 0.220 e. The molecule has 14 heteroatoms. The van der Waals surface area contributed by atoms with Gasteiger partial charge in [-0.05, 0) is 79.1 Å². The minimum atomic E-state index is -1.64. The van der Waals surface area contributed by atoms with Crippen LogP contribution < -0.4 is 16.0 Å². The number of carbonyl (C=O) groups is 2. The maximum atomic E-state index is 13.8. The predicted octanol–water partition coefficient (Wildman–Crippen LogP) is 4.73. The van der Waals surface area contributed by atoms with E-state index in [1.807, 2.05) is 27.7 Å². The number of amides is 1. The van der Waals surface area contributed by atoms with E-state index in [1.165, 1.54) is 0 Å². The second-order valence-electron chi connectivity index (χ2n) is 10.4. The zero-order valence-electron chi connectivity index (χ0n) is 23.6. The van der Waals surface area contributed by atoms with Crippen molar-refractivity contribution >= 4 is 34.2 Å². The lowest BCUT2D eigenvalue weighted by Crippen LogP contribution is -2.53. The van der Waals surface area contributed by atoms with Gasteiger partial charge in [0.15, 0.2) is 28.4 Å². The molecule has 1 rings (SSSR count). The summed E-state index contributed by atoms with van der Waals surface area (Å²) in [5.41, 5.74) is -0.186. The van der Waals surface area contributed by atoms with Gasteiger partial charge in [-0.25, -0.2) is 17.6 Å². The lowest BCUT2D eigenvalue weighted by molar-refractivity contribution is -0.121. The number of hydrogen-bond donors (Lipinski definition) is 5. The van der Waals surface area contributed by atoms with Gasteiger partial charge < -0.3 is 26.4 Å². The van der Waals surface area contributed by atoms with E-state index in [2.05, 4.69) is 26.3 Å². The van der Waals surface area contributed by atoms with E-state index in [1.54, 1.807) is 13.8 Å². The molecule has 0 aliphatic heterocycles. The molecule has 9 nitrogen and oxygen atoms in total. The monoisotopic (exact) mass is 593 g/mol. The summed E-state index contributed by atoms with van der Waals surface area (Å²) >= 11 is 0.0567. The van der Waals surface area contributed by atoms with E-state index in [-0.39, 0.29) is 49.0 Å². The van der Waals surface area contributed by atoms with E-state index in [0.717, 1.165) is 0 Å². The molecule has 40 heavy (non-hydrogen) atoms. The molecule has 0 saturated carbocycles. The summed E-state index contributed by atoms with van der Waals surface area (Å²) < 4.78 is 54.1. The number of rotatable bonds is 16. The second-order valence-corrected chi connectivity index (χ2v) is 11.5. The predicted molar refractivity (Wildman–Crippen MR) is 146 cm³/mol. The van der Waals surface area contributed by atoms with Gasteiger partial charge in [0, 0.05) is 31.5 Å². The Morgan fingerprint density at radius 1 is 0.900 bits per heavy atom. The summed E-state index contributed by atoms with van der Waals surface area (Å²) in [6.45, 7) is 11.7. The van der Waals surface area contributed by atoms with Gasteiger partial charge in [-0.15, -0.1) is 0 Å². The first-order valence-corrected chi connectivity index (χ1v) is 13.6. The lowest BCUT2D eigenvalue weighted by atomic mass is 9.95. The molecule has 0 aliphatic carbocycles. The fraction of sp³-hybridized carbons (Fsp3) is 0.615. The van der Waals surface area contributed by atoms with Crippen molar-refractivity contribution in [1.82, 2.24) is 16.0 Å². The highest BCUT2D eigenvalue weighted by Gasteiger charge is 2.27. The number of benzene rings is 1. The normalized spacial score (nSPS) is 13.8. The van der Waals surface area contributed by atoms with E-state index < -0.39 is 44.4 Å². The van der Waals surface area contributed by atoms with Crippen molar-refractivity contribution in [1.29, 1.82) is 0 Å². The van der Waals surface area contributed by atoms with Gasteiger partial charge in [0.2, 0.25) is 5.91 Å². The molecule has 1 aromatic rings. The minimum absolute atomic E-state index is 0.0375. The standard InChI is InChI=1S/C26H39F4N5O4S/c1-15(34-38)25(3,4)32-13-11-17(33-26(5,6)16(2)35-39)10-12-31-20(36)8-7-9-21(37)40-24-22(29)18(27)14-19(28)23(24)30/h14,17,32-33,38-39H,7-13H2,1-6H3,(H,31,36)/b34-15-,35-16-. The van der Waals surface area contributed by atoms with E-state index in [4.69, 9.17) is 5.21 Å². The zero-order chi connectivity index (χ0) is 30.7. The van der Waals surface area contributed by atoms with Crippen molar-refractivity contribution in [3.63, 3.8) is 0 Å². The molecule has 0 fully saturated rings. The van der Waals surface area contributed by atoms with E-state index in [9.17, 15) is 32.4 Å². The first-order chi connectivity index (χ1) is 18.5. The Bertz CT molecular complexity index is 1070. The van der Waals surface area contributed by atoms with Crippen LogP contribution in [0.5, 0.6) is 0 Å². The number of hydrogen-bond acceptors (Lipinski definition) is 9. The summed E-state index contributed by atoms with van der Waals surface area (Å²) in [6.07, 6.45) is 0.945. The molecular weight excluding hydrogens is 554 g/mol. The van der Waals surface area contributed by atoms with Crippen molar-refractivity contribution in [2.45, 2.75) is 95.7 Å². The average molecular weight is 594 g/mol. The van der Waals surface area contributed by atoms with Crippen LogP contribution in [-0.2, 0) is 9.59 Å². The highest BCUT2D eigenvalue weighted by Crippen LogP contribution is 2.30. The average Bonchev–Trinajstić information content (AvgIpc) is 2.88. The van der Waals surface area contributed by atoms with Crippen LogP contribution in [0.1, 0.15) is 73.6 Å². The Morgan fingerprint density at radius 2 is 1.43 bits per heavy atom. The molecule has 1 unspecified atom stereocenters. The van der Waals surface area contributed by atoms with Crippen LogP contribution in [0.4, 0.5) is 17.6 Å². The first kappa shape index (κ1) is 35.3. The summed E-state index contributed by atoms with van der Waals surface area (Å²) in [7, 11) is 0. The van der Waals surface area contributed by atoms with Gasteiger partial charge >= 0.3 is 0 Å². The Morgan fingerprint density at radius 3 is 1.98 bits per heavy atom. The Labute approximate surface area is 236 Å². The van der Waals surface area contributed by atoms with Crippen molar-refractivity contribution in [3.8, 4) is 0 Å². The molecule has 0 saturated heterocycles. The number of thioether (sulfide) groups is 1. The molecule has 0 spiro atoms. The SMILES string of the molecule is C/C(=N/O)C(C)(C)NCCC(CCNC(=O)CCCC(=O)Sc1c(F)c(F)cc(F)c1F)NC(C)(C)/C(C)=N\O. The third-order valence-corrected chi connectivity index (χ3v) is 7.62. The molecule has 5 N–H and O–H groups in total. The van der Waals surface area contributed by atoms with E-state index in [0.29, 0.717) is 37.4 Å². The Hall–Kier alpha value is -2.71. The maximum Gasteiger partial charge on any atom is 0.220 e. The number of halogens is 4. The third kappa shape index (κ3) is 11.0. The molecule has 1 atom stereocenters. The van der Waals surface area contributed by atoms with Gasteiger partial charge in [-0.2, -0.15) is 0 Å². The molecule has 1 aromatic carbocycles. The van der Waals surface area contributed by atoms with Crippen LogP contribution in [0.2, 0.25) is 0 Å². The first-order valence-electron chi connectivity index (χ1n) is 12.8. The fourth-order valence-electron chi connectivity index (χ4n) is 3.51. The van der Waals surface area contributed by atoms with Gasteiger partial charge in [0.25, 0.3) is 0 Å². The summed E-state index contributed by atoms with van der Waals surface area (Å²) in [5.74, 6) is -6.82. The quantitative estimate of drug-likeness (QED) is 0.0467. The van der Waals surface area contributed by atoms with Gasteiger partial charge in [0.1, 0.15) is 0 Å². The number of nitrogens with one attached hydrogen (secondary N) is 3. The van der Waals surface area contributed by atoms with Gasteiger partial charge in [0.05, 0.1) is 27.4 Å².